The van der Waals surface area contributed by atoms with Gasteiger partial charge in [-0.2, -0.15) is 5.10 Å². The van der Waals surface area contributed by atoms with E-state index in [9.17, 15) is 0 Å². The molecule has 0 saturated carbocycles. The summed E-state index contributed by atoms with van der Waals surface area (Å²) in [6.07, 6.45) is 2.92. The molecule has 0 saturated heterocycles. The normalized spacial score (nSPS) is 11.9. The highest BCUT2D eigenvalue weighted by atomic mass is 16.5. The predicted octanol–water partition coefficient (Wildman–Crippen LogP) is 1.30. The van der Waals surface area contributed by atoms with E-state index in [-0.39, 0.29) is 0 Å². The maximum absolute atomic E-state index is 5.81. The summed E-state index contributed by atoms with van der Waals surface area (Å²) in [5.41, 5.74) is 9.49. The fourth-order valence-corrected chi connectivity index (χ4v) is 2.23. The van der Waals surface area contributed by atoms with Crippen molar-refractivity contribution in [3.8, 4) is 0 Å². The summed E-state index contributed by atoms with van der Waals surface area (Å²) in [5, 5.41) is 7.52. The molecule has 21 heavy (non-hydrogen) atoms. The van der Waals surface area contributed by atoms with E-state index in [1.807, 2.05) is 18.7 Å². The van der Waals surface area contributed by atoms with Crippen LogP contribution in [-0.2, 0) is 18.2 Å². The van der Waals surface area contributed by atoms with Crippen LogP contribution in [0.3, 0.4) is 0 Å². The van der Waals surface area contributed by atoms with Gasteiger partial charge < -0.3 is 15.8 Å². The van der Waals surface area contributed by atoms with Crippen LogP contribution < -0.4 is 11.1 Å². The van der Waals surface area contributed by atoms with Crippen LogP contribution in [0.15, 0.2) is 4.99 Å². The minimum Gasteiger partial charge on any atom is -0.382 e. The molecular formula is C15H29N5O. The van der Waals surface area contributed by atoms with E-state index in [0.29, 0.717) is 5.96 Å². The summed E-state index contributed by atoms with van der Waals surface area (Å²) in [7, 11) is 1.98. The van der Waals surface area contributed by atoms with Crippen LogP contribution in [-0.4, -0.2) is 42.0 Å². The van der Waals surface area contributed by atoms with Gasteiger partial charge in [-0.15, -0.1) is 0 Å². The van der Waals surface area contributed by atoms with Crippen LogP contribution in [0.1, 0.15) is 36.7 Å². The quantitative estimate of drug-likeness (QED) is 0.409. The van der Waals surface area contributed by atoms with Gasteiger partial charge in [-0.05, 0) is 45.6 Å². The minimum atomic E-state index is 0.520. The van der Waals surface area contributed by atoms with Gasteiger partial charge in [0.05, 0.1) is 5.69 Å². The first-order valence-electron chi connectivity index (χ1n) is 7.66. The average molecular weight is 295 g/mol. The Labute approximate surface area is 127 Å². The molecule has 0 amide bonds. The van der Waals surface area contributed by atoms with Gasteiger partial charge in [0.2, 0.25) is 0 Å². The summed E-state index contributed by atoms with van der Waals surface area (Å²) in [6, 6.07) is 0. The zero-order chi connectivity index (χ0) is 15.7. The molecule has 1 aromatic heterocycles. The summed E-state index contributed by atoms with van der Waals surface area (Å²) < 4.78 is 7.19. The molecule has 1 heterocycles. The van der Waals surface area contributed by atoms with Crippen molar-refractivity contribution in [3.05, 3.63) is 17.0 Å². The van der Waals surface area contributed by atoms with E-state index in [0.717, 1.165) is 51.3 Å². The van der Waals surface area contributed by atoms with E-state index in [2.05, 4.69) is 29.3 Å². The maximum Gasteiger partial charge on any atom is 0.188 e. The van der Waals surface area contributed by atoms with Crippen LogP contribution in [0, 0.1) is 13.8 Å². The minimum absolute atomic E-state index is 0.520. The Balaban J connectivity index is 2.21. The first-order valence-corrected chi connectivity index (χ1v) is 7.66. The highest BCUT2D eigenvalue weighted by Gasteiger charge is 2.08. The molecule has 0 radical (unpaired) electrons. The summed E-state index contributed by atoms with van der Waals surface area (Å²) in [6.45, 7) is 9.21. The summed E-state index contributed by atoms with van der Waals surface area (Å²) in [5.74, 6) is 0.520. The number of nitrogens with zero attached hydrogens (tertiary/aromatic N) is 3. The summed E-state index contributed by atoms with van der Waals surface area (Å²) in [4.78, 5) is 4.34. The molecular weight excluding hydrogens is 266 g/mol. The molecule has 0 bridgehead atoms. The highest BCUT2D eigenvalue weighted by molar-refractivity contribution is 5.77. The largest absolute Gasteiger partial charge is 0.382 e. The molecule has 0 fully saturated rings. The van der Waals surface area contributed by atoms with Gasteiger partial charge >= 0.3 is 0 Å². The fraction of sp³-hybridized carbons (Fsp3) is 0.733. The lowest BCUT2D eigenvalue weighted by atomic mass is 10.1. The zero-order valence-corrected chi connectivity index (χ0v) is 13.8. The van der Waals surface area contributed by atoms with Crippen molar-refractivity contribution in [1.82, 2.24) is 15.1 Å². The van der Waals surface area contributed by atoms with Gasteiger partial charge in [0.1, 0.15) is 0 Å². The molecule has 6 heteroatoms. The number of rotatable bonds is 9. The van der Waals surface area contributed by atoms with Crippen molar-refractivity contribution in [2.45, 2.75) is 40.0 Å². The topological polar surface area (TPSA) is 77.5 Å². The number of nitrogens with one attached hydrogen (secondary N) is 1. The smallest absolute Gasteiger partial charge is 0.188 e. The average Bonchev–Trinajstić information content (AvgIpc) is 2.69. The molecule has 120 valence electrons. The number of hydrogen-bond acceptors (Lipinski definition) is 3. The third-order valence-corrected chi connectivity index (χ3v) is 3.50. The molecule has 0 aliphatic heterocycles. The number of hydrogen-bond donors (Lipinski definition) is 2. The number of aliphatic imine (C=N–C) groups is 1. The zero-order valence-electron chi connectivity index (χ0n) is 13.8. The molecule has 0 atom stereocenters. The Morgan fingerprint density at radius 1 is 1.38 bits per heavy atom. The number of aromatic nitrogens is 2. The molecule has 0 aliphatic rings. The van der Waals surface area contributed by atoms with Gasteiger partial charge in [0.15, 0.2) is 5.96 Å². The van der Waals surface area contributed by atoms with Crippen molar-refractivity contribution in [1.29, 1.82) is 0 Å². The van der Waals surface area contributed by atoms with E-state index >= 15 is 0 Å². The number of aryl methyl sites for hydroxylation is 2. The molecule has 0 spiro atoms. The first kappa shape index (κ1) is 17.5. The molecule has 0 aromatic carbocycles. The Bertz CT molecular complexity index is 453. The van der Waals surface area contributed by atoms with Crippen LogP contribution in [0.25, 0.3) is 0 Å². The van der Waals surface area contributed by atoms with Crippen molar-refractivity contribution < 1.29 is 4.74 Å². The Morgan fingerprint density at radius 3 is 2.76 bits per heavy atom. The predicted molar refractivity (Wildman–Crippen MR) is 86.6 cm³/mol. The van der Waals surface area contributed by atoms with E-state index in [4.69, 9.17) is 10.5 Å². The van der Waals surface area contributed by atoms with Crippen LogP contribution in [0.5, 0.6) is 0 Å². The second-order valence-corrected chi connectivity index (χ2v) is 5.12. The van der Waals surface area contributed by atoms with Crippen molar-refractivity contribution in [2.75, 3.05) is 26.3 Å². The molecule has 3 N–H and O–H groups in total. The number of nitrogens with two attached hydrogens (primary N) is 1. The third-order valence-electron chi connectivity index (χ3n) is 3.50. The standard InChI is InChI=1S/C15H29N5O/c1-5-21-11-7-10-18-15(16)17-9-6-8-14-12(2)19-20(4)13(14)3/h5-11H2,1-4H3,(H3,16,17,18). The van der Waals surface area contributed by atoms with E-state index in [1.54, 1.807) is 0 Å². The third kappa shape index (κ3) is 6.16. The van der Waals surface area contributed by atoms with Crippen LogP contribution in [0.2, 0.25) is 0 Å². The highest BCUT2D eigenvalue weighted by Crippen LogP contribution is 2.13. The SMILES string of the molecule is CCOCCCNC(N)=NCCCc1c(C)nn(C)c1C. The molecule has 0 aliphatic carbocycles. The van der Waals surface area contributed by atoms with Gasteiger partial charge in [0.25, 0.3) is 0 Å². The fourth-order valence-electron chi connectivity index (χ4n) is 2.23. The Hall–Kier alpha value is -1.56. The van der Waals surface area contributed by atoms with Crippen molar-refractivity contribution in [3.63, 3.8) is 0 Å². The van der Waals surface area contributed by atoms with Gasteiger partial charge in [0, 0.05) is 39.0 Å². The summed E-state index contributed by atoms with van der Waals surface area (Å²) >= 11 is 0. The molecule has 6 nitrogen and oxygen atoms in total. The van der Waals surface area contributed by atoms with Gasteiger partial charge in [-0.25, -0.2) is 0 Å². The van der Waals surface area contributed by atoms with Gasteiger partial charge in [-0.1, -0.05) is 0 Å². The lowest BCUT2D eigenvalue weighted by Gasteiger charge is -2.06. The van der Waals surface area contributed by atoms with Gasteiger partial charge in [-0.3, -0.25) is 9.67 Å². The van der Waals surface area contributed by atoms with Crippen molar-refractivity contribution >= 4 is 5.96 Å². The number of guanidine groups is 1. The van der Waals surface area contributed by atoms with E-state index in [1.165, 1.54) is 11.3 Å². The Morgan fingerprint density at radius 2 is 2.14 bits per heavy atom. The van der Waals surface area contributed by atoms with Crippen molar-refractivity contribution in [2.24, 2.45) is 17.8 Å². The molecule has 1 rings (SSSR count). The second-order valence-electron chi connectivity index (χ2n) is 5.12. The monoisotopic (exact) mass is 295 g/mol. The maximum atomic E-state index is 5.81. The second kappa shape index (κ2) is 9.39. The van der Waals surface area contributed by atoms with E-state index < -0.39 is 0 Å². The lowest BCUT2D eigenvalue weighted by Crippen LogP contribution is -2.33. The first-order chi connectivity index (χ1) is 10.1. The van der Waals surface area contributed by atoms with Crippen LogP contribution >= 0.6 is 0 Å². The molecule has 0 unspecified atom stereocenters. The molecule has 1 aromatic rings. The number of ether oxygens (including phenoxy) is 1. The lowest BCUT2D eigenvalue weighted by molar-refractivity contribution is 0.145. The van der Waals surface area contributed by atoms with Crippen LogP contribution in [0.4, 0.5) is 0 Å². The Kier molecular flexibility index (Phi) is 7.82.